The van der Waals surface area contributed by atoms with Gasteiger partial charge in [0.2, 0.25) is 0 Å². The number of nitrogens with zero attached hydrogens (tertiary/aromatic N) is 2. The molecule has 0 spiro atoms. The SMILES string of the molecule is Cc1noc(-c2ccc(C(=O)Nc3ccccc3SC(F)F)cc2)n1. The van der Waals surface area contributed by atoms with E-state index < -0.39 is 11.7 Å². The highest BCUT2D eigenvalue weighted by molar-refractivity contribution is 7.99. The van der Waals surface area contributed by atoms with Crippen molar-refractivity contribution in [3.63, 3.8) is 0 Å². The molecule has 2 aromatic carbocycles. The predicted molar refractivity (Wildman–Crippen MR) is 90.7 cm³/mol. The number of alkyl halides is 2. The number of para-hydroxylation sites is 1. The van der Waals surface area contributed by atoms with E-state index in [2.05, 4.69) is 15.5 Å². The first-order valence-corrected chi connectivity index (χ1v) is 8.17. The van der Waals surface area contributed by atoms with Gasteiger partial charge in [-0.2, -0.15) is 13.8 Å². The van der Waals surface area contributed by atoms with Crippen LogP contribution in [0.15, 0.2) is 57.9 Å². The average Bonchev–Trinajstić information content (AvgIpc) is 3.03. The van der Waals surface area contributed by atoms with Crippen molar-refractivity contribution in [1.82, 2.24) is 10.1 Å². The molecule has 0 bridgehead atoms. The Morgan fingerprint density at radius 3 is 2.52 bits per heavy atom. The number of aromatic nitrogens is 2. The van der Waals surface area contributed by atoms with E-state index in [1.165, 1.54) is 6.07 Å². The fourth-order valence-corrected chi connectivity index (χ4v) is 2.74. The Morgan fingerprint density at radius 1 is 1.16 bits per heavy atom. The third-order valence-electron chi connectivity index (χ3n) is 3.27. The summed E-state index contributed by atoms with van der Waals surface area (Å²) in [4.78, 5) is 16.8. The first kappa shape index (κ1) is 17.1. The highest BCUT2D eigenvalue weighted by atomic mass is 32.2. The minimum absolute atomic E-state index is 0.309. The number of aryl methyl sites for hydroxylation is 1. The normalized spacial score (nSPS) is 10.9. The van der Waals surface area contributed by atoms with Gasteiger partial charge >= 0.3 is 0 Å². The zero-order chi connectivity index (χ0) is 17.8. The van der Waals surface area contributed by atoms with Crippen molar-refractivity contribution in [1.29, 1.82) is 0 Å². The molecular weight excluding hydrogens is 348 g/mol. The fraction of sp³-hybridized carbons (Fsp3) is 0.118. The summed E-state index contributed by atoms with van der Waals surface area (Å²) >= 11 is 0.389. The highest BCUT2D eigenvalue weighted by Gasteiger charge is 2.13. The average molecular weight is 361 g/mol. The number of anilines is 1. The summed E-state index contributed by atoms with van der Waals surface area (Å²) in [6, 6.07) is 13.0. The van der Waals surface area contributed by atoms with Gasteiger partial charge in [-0.25, -0.2) is 0 Å². The molecule has 5 nitrogen and oxygen atoms in total. The van der Waals surface area contributed by atoms with Gasteiger partial charge in [-0.15, -0.1) is 0 Å². The quantitative estimate of drug-likeness (QED) is 0.672. The summed E-state index contributed by atoms with van der Waals surface area (Å²) in [6.07, 6.45) is 0. The third-order valence-corrected chi connectivity index (χ3v) is 4.06. The third kappa shape index (κ3) is 4.21. The smallest absolute Gasteiger partial charge is 0.288 e. The van der Waals surface area contributed by atoms with E-state index in [0.29, 0.717) is 45.2 Å². The first-order chi connectivity index (χ1) is 12.0. The van der Waals surface area contributed by atoms with Crippen LogP contribution < -0.4 is 5.32 Å². The molecule has 1 aromatic heterocycles. The molecule has 0 fully saturated rings. The second-order valence-electron chi connectivity index (χ2n) is 5.05. The zero-order valence-electron chi connectivity index (χ0n) is 13.1. The Balaban J connectivity index is 1.76. The number of carbonyl (C=O) groups excluding carboxylic acids is 1. The van der Waals surface area contributed by atoms with Gasteiger partial charge in [0.1, 0.15) is 0 Å². The number of nitrogens with one attached hydrogen (secondary N) is 1. The lowest BCUT2D eigenvalue weighted by molar-refractivity contribution is 0.102. The largest absolute Gasteiger partial charge is 0.334 e. The number of rotatable bonds is 5. The van der Waals surface area contributed by atoms with Gasteiger partial charge < -0.3 is 9.84 Å². The zero-order valence-corrected chi connectivity index (χ0v) is 13.9. The van der Waals surface area contributed by atoms with Gasteiger partial charge in [-0.05, 0) is 43.3 Å². The van der Waals surface area contributed by atoms with Gasteiger partial charge in [0.05, 0.1) is 5.69 Å². The van der Waals surface area contributed by atoms with Crippen LogP contribution in [0.3, 0.4) is 0 Å². The van der Waals surface area contributed by atoms with Crippen molar-refractivity contribution in [3.05, 3.63) is 59.9 Å². The summed E-state index contributed by atoms with van der Waals surface area (Å²) in [5, 5.41) is 6.36. The Labute approximate surface area is 146 Å². The van der Waals surface area contributed by atoms with Crippen LogP contribution in [0.5, 0.6) is 0 Å². The molecule has 1 heterocycles. The van der Waals surface area contributed by atoms with Gasteiger partial charge in [0.25, 0.3) is 17.6 Å². The summed E-state index contributed by atoms with van der Waals surface area (Å²) in [7, 11) is 0. The molecule has 1 N–H and O–H groups in total. The van der Waals surface area contributed by atoms with Gasteiger partial charge in [-0.3, -0.25) is 4.79 Å². The molecule has 0 aliphatic carbocycles. The molecule has 0 saturated heterocycles. The molecule has 128 valence electrons. The topological polar surface area (TPSA) is 68.0 Å². The van der Waals surface area contributed by atoms with Crippen LogP contribution in [0, 0.1) is 6.92 Å². The highest BCUT2D eigenvalue weighted by Crippen LogP contribution is 2.31. The standard InChI is InChI=1S/C17H13F2N3O2S/c1-10-20-16(24-22-10)12-8-6-11(7-9-12)15(23)21-13-4-2-3-5-14(13)25-17(18)19/h2-9,17H,1H3,(H,21,23). The number of hydrogen-bond donors (Lipinski definition) is 1. The monoisotopic (exact) mass is 361 g/mol. The van der Waals surface area contributed by atoms with Crippen LogP contribution in [0.4, 0.5) is 14.5 Å². The molecule has 0 saturated carbocycles. The molecule has 8 heteroatoms. The van der Waals surface area contributed by atoms with Crippen LogP contribution in [-0.2, 0) is 0 Å². The van der Waals surface area contributed by atoms with Crippen LogP contribution in [-0.4, -0.2) is 21.8 Å². The van der Waals surface area contributed by atoms with Crippen LogP contribution in [0.1, 0.15) is 16.2 Å². The van der Waals surface area contributed by atoms with E-state index in [9.17, 15) is 13.6 Å². The summed E-state index contributed by atoms with van der Waals surface area (Å²) in [6.45, 7) is 1.71. The second-order valence-corrected chi connectivity index (χ2v) is 6.08. The Hall–Kier alpha value is -2.74. The predicted octanol–water partition coefficient (Wildman–Crippen LogP) is 4.61. The number of amides is 1. The summed E-state index contributed by atoms with van der Waals surface area (Å²) < 4.78 is 30.3. The molecule has 0 unspecified atom stereocenters. The molecular formula is C17H13F2N3O2S. The number of halogens is 2. The number of thioether (sulfide) groups is 1. The molecule has 0 aliphatic rings. The molecule has 0 atom stereocenters. The maximum absolute atomic E-state index is 12.6. The Kier molecular flexibility index (Phi) is 5.08. The van der Waals surface area contributed by atoms with Crippen LogP contribution in [0.2, 0.25) is 0 Å². The fourth-order valence-electron chi connectivity index (χ4n) is 2.14. The van der Waals surface area contributed by atoms with Crippen LogP contribution >= 0.6 is 11.8 Å². The van der Waals surface area contributed by atoms with Crippen LogP contribution in [0.25, 0.3) is 11.5 Å². The minimum Gasteiger partial charge on any atom is -0.334 e. The van der Waals surface area contributed by atoms with E-state index >= 15 is 0 Å². The lowest BCUT2D eigenvalue weighted by atomic mass is 10.1. The van der Waals surface area contributed by atoms with Crippen molar-refractivity contribution < 1.29 is 18.1 Å². The summed E-state index contributed by atoms with van der Waals surface area (Å²) in [5.41, 5.74) is 1.41. The molecule has 3 rings (SSSR count). The van der Waals surface area contributed by atoms with Crippen molar-refractivity contribution >= 4 is 23.4 Å². The van der Waals surface area contributed by atoms with E-state index in [1.807, 2.05) is 0 Å². The minimum atomic E-state index is -2.56. The maximum Gasteiger partial charge on any atom is 0.288 e. The van der Waals surface area contributed by atoms with E-state index in [0.717, 1.165) is 0 Å². The number of hydrogen-bond acceptors (Lipinski definition) is 5. The van der Waals surface area contributed by atoms with Crippen molar-refractivity contribution in [2.45, 2.75) is 17.6 Å². The molecule has 0 aliphatic heterocycles. The molecule has 1 amide bonds. The Morgan fingerprint density at radius 2 is 1.88 bits per heavy atom. The van der Waals surface area contributed by atoms with E-state index in [1.54, 1.807) is 49.4 Å². The van der Waals surface area contributed by atoms with Crippen molar-refractivity contribution in [2.24, 2.45) is 0 Å². The lowest BCUT2D eigenvalue weighted by Gasteiger charge is -2.10. The molecule has 0 radical (unpaired) electrons. The van der Waals surface area contributed by atoms with Gasteiger partial charge in [0, 0.05) is 16.0 Å². The first-order valence-electron chi connectivity index (χ1n) is 7.29. The van der Waals surface area contributed by atoms with Gasteiger partial charge in [0.15, 0.2) is 5.82 Å². The van der Waals surface area contributed by atoms with Crippen molar-refractivity contribution in [3.8, 4) is 11.5 Å². The number of carbonyl (C=O) groups is 1. The second kappa shape index (κ2) is 7.43. The Bertz CT molecular complexity index is 882. The lowest BCUT2D eigenvalue weighted by Crippen LogP contribution is -2.12. The molecule has 25 heavy (non-hydrogen) atoms. The molecule has 3 aromatic rings. The van der Waals surface area contributed by atoms with Crippen molar-refractivity contribution in [2.75, 3.05) is 5.32 Å². The summed E-state index contributed by atoms with van der Waals surface area (Å²) in [5.74, 6) is -2.07. The van der Waals surface area contributed by atoms with E-state index in [-0.39, 0.29) is 0 Å². The van der Waals surface area contributed by atoms with Gasteiger partial charge in [-0.1, -0.05) is 29.1 Å². The number of benzene rings is 2. The maximum atomic E-state index is 12.6. The van der Waals surface area contributed by atoms with E-state index in [4.69, 9.17) is 4.52 Å².